The standard InChI is InChI=1S/C11H14N2O2/c1-7-4-9(7)6-13-10-3-2-8(5-12-10)11(14)15/h2-3,5,7,9H,4,6H2,1H3,(H,12,13)(H,14,15). The predicted molar refractivity (Wildman–Crippen MR) is 57.0 cm³/mol. The quantitative estimate of drug-likeness (QED) is 0.789. The maximum Gasteiger partial charge on any atom is 0.337 e. The SMILES string of the molecule is CC1CC1CNc1ccc(C(=O)O)cn1. The second-order valence-corrected chi connectivity index (χ2v) is 4.09. The number of aromatic nitrogens is 1. The topological polar surface area (TPSA) is 62.2 Å². The maximum atomic E-state index is 10.6. The summed E-state index contributed by atoms with van der Waals surface area (Å²) in [6.07, 6.45) is 2.65. The molecule has 1 aliphatic carbocycles. The summed E-state index contributed by atoms with van der Waals surface area (Å²) in [5, 5.41) is 11.9. The fraction of sp³-hybridized carbons (Fsp3) is 0.455. The molecule has 4 heteroatoms. The average Bonchev–Trinajstić information content (AvgIpc) is 2.92. The van der Waals surface area contributed by atoms with E-state index in [1.54, 1.807) is 12.1 Å². The minimum Gasteiger partial charge on any atom is -0.478 e. The van der Waals surface area contributed by atoms with Gasteiger partial charge in [-0.1, -0.05) is 6.92 Å². The lowest BCUT2D eigenvalue weighted by molar-refractivity contribution is 0.0696. The lowest BCUT2D eigenvalue weighted by Gasteiger charge is -2.04. The minimum absolute atomic E-state index is 0.223. The molecule has 1 aromatic rings. The minimum atomic E-state index is -0.940. The number of hydrogen-bond acceptors (Lipinski definition) is 3. The van der Waals surface area contributed by atoms with Gasteiger partial charge >= 0.3 is 5.97 Å². The first-order valence-corrected chi connectivity index (χ1v) is 5.10. The Morgan fingerprint density at radius 2 is 2.40 bits per heavy atom. The summed E-state index contributed by atoms with van der Waals surface area (Å²) >= 11 is 0. The van der Waals surface area contributed by atoms with Gasteiger partial charge in [-0.15, -0.1) is 0 Å². The van der Waals surface area contributed by atoms with Crippen LogP contribution in [-0.4, -0.2) is 22.6 Å². The first-order chi connectivity index (χ1) is 7.16. The fourth-order valence-electron chi connectivity index (χ4n) is 1.54. The molecule has 1 aromatic heterocycles. The van der Waals surface area contributed by atoms with Crippen molar-refractivity contribution in [2.24, 2.45) is 11.8 Å². The largest absolute Gasteiger partial charge is 0.478 e. The smallest absolute Gasteiger partial charge is 0.337 e. The molecule has 0 radical (unpaired) electrons. The van der Waals surface area contributed by atoms with Gasteiger partial charge in [0.1, 0.15) is 5.82 Å². The lowest BCUT2D eigenvalue weighted by atomic mass is 10.3. The van der Waals surface area contributed by atoms with Crippen molar-refractivity contribution in [3.8, 4) is 0 Å². The fourth-order valence-corrected chi connectivity index (χ4v) is 1.54. The van der Waals surface area contributed by atoms with Gasteiger partial charge in [0.05, 0.1) is 5.56 Å². The van der Waals surface area contributed by atoms with E-state index in [0.29, 0.717) is 0 Å². The zero-order valence-electron chi connectivity index (χ0n) is 8.60. The van der Waals surface area contributed by atoms with Gasteiger partial charge in [-0.25, -0.2) is 9.78 Å². The van der Waals surface area contributed by atoms with Crippen molar-refractivity contribution in [2.75, 3.05) is 11.9 Å². The summed E-state index contributed by atoms with van der Waals surface area (Å²) in [6.45, 7) is 3.16. The number of rotatable bonds is 4. The van der Waals surface area contributed by atoms with Gasteiger partial charge in [0, 0.05) is 12.7 Å². The summed E-state index contributed by atoms with van der Waals surface area (Å²) in [4.78, 5) is 14.6. The second kappa shape index (κ2) is 3.88. The molecule has 0 spiro atoms. The van der Waals surface area contributed by atoms with Gasteiger partial charge in [0.15, 0.2) is 0 Å². The normalized spacial score (nSPS) is 23.5. The van der Waals surface area contributed by atoms with Gasteiger partial charge in [-0.05, 0) is 30.4 Å². The van der Waals surface area contributed by atoms with Crippen LogP contribution in [0, 0.1) is 11.8 Å². The Bertz CT molecular complexity index is 361. The maximum absolute atomic E-state index is 10.6. The molecule has 1 saturated carbocycles. The van der Waals surface area contributed by atoms with Crippen molar-refractivity contribution in [1.29, 1.82) is 0 Å². The third-order valence-electron chi connectivity index (χ3n) is 2.83. The van der Waals surface area contributed by atoms with Crippen molar-refractivity contribution in [3.63, 3.8) is 0 Å². The molecule has 1 fully saturated rings. The van der Waals surface area contributed by atoms with Crippen molar-refractivity contribution in [2.45, 2.75) is 13.3 Å². The van der Waals surface area contributed by atoms with Crippen LogP contribution >= 0.6 is 0 Å². The molecule has 2 rings (SSSR count). The highest BCUT2D eigenvalue weighted by Crippen LogP contribution is 2.37. The van der Waals surface area contributed by atoms with Gasteiger partial charge in [-0.3, -0.25) is 0 Å². The van der Waals surface area contributed by atoms with Gasteiger partial charge in [0.25, 0.3) is 0 Å². The Morgan fingerprint density at radius 1 is 1.67 bits per heavy atom. The van der Waals surface area contributed by atoms with Crippen LogP contribution in [0.4, 0.5) is 5.82 Å². The van der Waals surface area contributed by atoms with E-state index in [0.717, 1.165) is 24.2 Å². The van der Waals surface area contributed by atoms with E-state index in [2.05, 4.69) is 17.2 Å². The summed E-state index contributed by atoms with van der Waals surface area (Å²) in [6, 6.07) is 3.27. The molecule has 2 N–H and O–H groups in total. The molecule has 1 heterocycles. The number of aromatic carboxylic acids is 1. The second-order valence-electron chi connectivity index (χ2n) is 4.09. The van der Waals surface area contributed by atoms with E-state index in [1.807, 2.05) is 0 Å². The van der Waals surface area contributed by atoms with Crippen molar-refractivity contribution in [1.82, 2.24) is 4.98 Å². The molecular weight excluding hydrogens is 192 g/mol. The Labute approximate surface area is 88.3 Å². The number of anilines is 1. The molecule has 0 aromatic carbocycles. The van der Waals surface area contributed by atoms with Crippen LogP contribution in [0.2, 0.25) is 0 Å². The zero-order valence-corrected chi connectivity index (χ0v) is 8.60. The summed E-state index contributed by atoms with van der Waals surface area (Å²) in [7, 11) is 0. The highest BCUT2D eigenvalue weighted by atomic mass is 16.4. The van der Waals surface area contributed by atoms with E-state index in [9.17, 15) is 4.79 Å². The molecule has 0 saturated heterocycles. The molecule has 2 unspecified atom stereocenters. The van der Waals surface area contributed by atoms with Crippen LogP contribution in [0.25, 0.3) is 0 Å². The highest BCUT2D eigenvalue weighted by Gasteiger charge is 2.31. The van der Waals surface area contributed by atoms with Gasteiger partial charge in [0.2, 0.25) is 0 Å². The zero-order chi connectivity index (χ0) is 10.8. The molecule has 0 bridgehead atoms. The molecule has 0 amide bonds. The predicted octanol–water partition coefficient (Wildman–Crippen LogP) is 1.85. The van der Waals surface area contributed by atoms with Gasteiger partial charge in [-0.2, -0.15) is 0 Å². The van der Waals surface area contributed by atoms with E-state index in [-0.39, 0.29) is 5.56 Å². The Balaban J connectivity index is 1.89. The van der Waals surface area contributed by atoms with Crippen molar-refractivity contribution >= 4 is 11.8 Å². The Hall–Kier alpha value is -1.58. The van der Waals surface area contributed by atoms with Crippen molar-refractivity contribution < 1.29 is 9.90 Å². The first-order valence-electron chi connectivity index (χ1n) is 5.10. The summed E-state index contributed by atoms with van der Waals surface area (Å²) in [5.74, 6) is 1.38. The Kier molecular flexibility index (Phi) is 2.58. The average molecular weight is 206 g/mol. The molecule has 0 aliphatic heterocycles. The van der Waals surface area contributed by atoms with Crippen LogP contribution in [0.15, 0.2) is 18.3 Å². The number of pyridine rings is 1. The van der Waals surface area contributed by atoms with Crippen LogP contribution < -0.4 is 5.32 Å². The molecule has 80 valence electrons. The van der Waals surface area contributed by atoms with Crippen LogP contribution in [0.1, 0.15) is 23.7 Å². The third-order valence-corrected chi connectivity index (χ3v) is 2.83. The van der Waals surface area contributed by atoms with Crippen molar-refractivity contribution in [3.05, 3.63) is 23.9 Å². The highest BCUT2D eigenvalue weighted by molar-refractivity contribution is 5.87. The van der Waals surface area contributed by atoms with E-state index < -0.39 is 5.97 Å². The summed E-state index contributed by atoms with van der Waals surface area (Å²) in [5.41, 5.74) is 0.223. The molecule has 4 nitrogen and oxygen atoms in total. The van der Waals surface area contributed by atoms with E-state index in [1.165, 1.54) is 12.6 Å². The van der Waals surface area contributed by atoms with E-state index in [4.69, 9.17) is 5.11 Å². The molecular formula is C11H14N2O2. The lowest BCUT2D eigenvalue weighted by Crippen LogP contribution is -2.06. The summed E-state index contributed by atoms with van der Waals surface area (Å²) < 4.78 is 0. The number of carboxylic acid groups (broad SMARTS) is 1. The number of hydrogen-bond donors (Lipinski definition) is 2. The molecule has 2 atom stereocenters. The van der Waals surface area contributed by atoms with E-state index >= 15 is 0 Å². The number of nitrogens with zero attached hydrogens (tertiary/aromatic N) is 1. The monoisotopic (exact) mass is 206 g/mol. The Morgan fingerprint density at radius 3 is 2.87 bits per heavy atom. The third kappa shape index (κ3) is 2.46. The van der Waals surface area contributed by atoms with Crippen LogP contribution in [0.3, 0.4) is 0 Å². The first kappa shape index (κ1) is 9.96. The number of carboxylic acids is 1. The number of nitrogens with one attached hydrogen (secondary N) is 1. The molecule has 15 heavy (non-hydrogen) atoms. The number of carbonyl (C=O) groups is 1. The molecule has 1 aliphatic rings. The van der Waals surface area contributed by atoms with Crippen LogP contribution in [-0.2, 0) is 0 Å². The van der Waals surface area contributed by atoms with Gasteiger partial charge < -0.3 is 10.4 Å². The van der Waals surface area contributed by atoms with Crippen LogP contribution in [0.5, 0.6) is 0 Å².